The maximum Gasteiger partial charge on any atom is 0.254 e. The van der Waals surface area contributed by atoms with Gasteiger partial charge in [-0.3, -0.25) is 9.48 Å². The van der Waals surface area contributed by atoms with Gasteiger partial charge in [0.25, 0.3) is 5.91 Å². The van der Waals surface area contributed by atoms with Crippen molar-refractivity contribution in [3.8, 4) is 0 Å². The lowest BCUT2D eigenvalue weighted by atomic mass is 10.2. The molecule has 0 spiro atoms. The zero-order valence-corrected chi connectivity index (χ0v) is 11.5. The van der Waals surface area contributed by atoms with E-state index in [2.05, 4.69) is 10.4 Å². The molecular formula is C15H16FN3O2. The Bertz CT molecular complexity index is 635. The topological polar surface area (TPSA) is 56.2 Å². The summed E-state index contributed by atoms with van der Waals surface area (Å²) in [5.41, 5.74) is 0.553. The summed E-state index contributed by atoms with van der Waals surface area (Å²) < 4.78 is 20.5. The Morgan fingerprint density at radius 2 is 2.29 bits per heavy atom. The van der Waals surface area contributed by atoms with E-state index in [-0.39, 0.29) is 17.8 Å². The molecule has 6 heteroatoms. The number of hydrogen-bond donors (Lipinski definition) is 1. The molecule has 1 aliphatic rings. The highest BCUT2D eigenvalue weighted by molar-refractivity contribution is 5.93. The molecule has 5 nitrogen and oxygen atoms in total. The fourth-order valence-corrected chi connectivity index (χ4v) is 2.31. The molecule has 2 heterocycles. The highest BCUT2D eigenvalue weighted by Gasteiger charge is 2.23. The molecule has 1 N–H and O–H groups in total. The first-order valence-electron chi connectivity index (χ1n) is 6.92. The van der Waals surface area contributed by atoms with Gasteiger partial charge in [0.05, 0.1) is 6.54 Å². The summed E-state index contributed by atoms with van der Waals surface area (Å²) in [4.78, 5) is 11.9. The number of rotatable bonds is 4. The minimum atomic E-state index is -0.387. The largest absolute Gasteiger partial charge is 0.368 e. The average molecular weight is 289 g/mol. The van der Waals surface area contributed by atoms with Crippen molar-refractivity contribution in [3.63, 3.8) is 0 Å². The van der Waals surface area contributed by atoms with E-state index >= 15 is 0 Å². The summed E-state index contributed by atoms with van der Waals surface area (Å²) in [6.45, 7) is 0.947. The molecule has 0 aliphatic carbocycles. The van der Waals surface area contributed by atoms with E-state index in [1.807, 2.05) is 0 Å². The number of amides is 1. The lowest BCUT2D eigenvalue weighted by Crippen LogP contribution is -2.27. The van der Waals surface area contributed by atoms with Gasteiger partial charge >= 0.3 is 0 Å². The van der Waals surface area contributed by atoms with E-state index in [4.69, 9.17) is 4.74 Å². The van der Waals surface area contributed by atoms with Gasteiger partial charge in [-0.15, -0.1) is 0 Å². The van der Waals surface area contributed by atoms with Gasteiger partial charge in [0.15, 0.2) is 5.82 Å². The lowest BCUT2D eigenvalue weighted by Gasteiger charge is -2.08. The van der Waals surface area contributed by atoms with Gasteiger partial charge in [-0.2, -0.15) is 5.10 Å². The van der Waals surface area contributed by atoms with Crippen molar-refractivity contribution in [2.45, 2.75) is 25.5 Å². The Balaban J connectivity index is 1.63. The number of halogens is 1. The van der Waals surface area contributed by atoms with Gasteiger partial charge in [0.1, 0.15) is 11.9 Å². The number of nitrogens with zero attached hydrogens (tertiary/aromatic N) is 2. The molecule has 0 radical (unpaired) electrons. The van der Waals surface area contributed by atoms with Crippen LogP contribution in [0.5, 0.6) is 0 Å². The minimum Gasteiger partial charge on any atom is -0.368 e. The normalized spacial score (nSPS) is 17.9. The fourth-order valence-electron chi connectivity index (χ4n) is 2.31. The molecule has 0 saturated carbocycles. The molecule has 1 atom stereocenters. The monoisotopic (exact) mass is 289 g/mol. The summed E-state index contributed by atoms with van der Waals surface area (Å²) in [5, 5.41) is 6.94. The van der Waals surface area contributed by atoms with Crippen LogP contribution in [0, 0.1) is 5.82 Å². The number of benzene rings is 1. The third-order valence-corrected chi connectivity index (χ3v) is 3.40. The van der Waals surface area contributed by atoms with Crippen LogP contribution in [-0.4, -0.2) is 28.4 Å². The van der Waals surface area contributed by atoms with Crippen LogP contribution in [-0.2, 0) is 16.1 Å². The number of nitrogens with one attached hydrogen (secondary N) is 1. The van der Waals surface area contributed by atoms with Crippen LogP contribution in [0.2, 0.25) is 0 Å². The summed E-state index contributed by atoms with van der Waals surface area (Å²) in [6.07, 6.45) is 2.96. The second-order valence-electron chi connectivity index (χ2n) is 4.98. The van der Waals surface area contributed by atoms with Crippen molar-refractivity contribution in [2.75, 3.05) is 11.9 Å². The Morgan fingerprint density at radius 1 is 1.43 bits per heavy atom. The van der Waals surface area contributed by atoms with Crippen LogP contribution < -0.4 is 5.32 Å². The molecule has 1 saturated heterocycles. The zero-order chi connectivity index (χ0) is 14.7. The molecule has 1 fully saturated rings. The molecule has 0 unspecified atom stereocenters. The smallest absolute Gasteiger partial charge is 0.254 e. The number of carbonyl (C=O) groups excluding carboxylic acids is 1. The fraction of sp³-hybridized carbons (Fsp3) is 0.333. The van der Waals surface area contributed by atoms with Crippen molar-refractivity contribution in [1.82, 2.24) is 9.78 Å². The first-order valence-corrected chi connectivity index (χ1v) is 6.92. The third-order valence-electron chi connectivity index (χ3n) is 3.40. The Hall–Kier alpha value is -2.21. The predicted octanol–water partition coefficient (Wildman–Crippen LogP) is 2.19. The van der Waals surface area contributed by atoms with Gasteiger partial charge in [-0.05, 0) is 18.9 Å². The summed E-state index contributed by atoms with van der Waals surface area (Å²) in [6, 6.07) is 8.24. The van der Waals surface area contributed by atoms with E-state index in [1.165, 1.54) is 6.07 Å². The van der Waals surface area contributed by atoms with Crippen LogP contribution in [0.1, 0.15) is 18.4 Å². The van der Waals surface area contributed by atoms with Gasteiger partial charge in [0, 0.05) is 24.4 Å². The number of anilines is 1. The van der Waals surface area contributed by atoms with Crippen LogP contribution >= 0.6 is 0 Å². The van der Waals surface area contributed by atoms with Crippen molar-refractivity contribution >= 4 is 11.7 Å². The molecule has 1 aliphatic heterocycles. The first kappa shape index (κ1) is 13.8. The van der Waals surface area contributed by atoms with Gasteiger partial charge < -0.3 is 10.1 Å². The number of ether oxygens (including phenoxy) is 1. The van der Waals surface area contributed by atoms with Gasteiger partial charge in [0.2, 0.25) is 0 Å². The second-order valence-corrected chi connectivity index (χ2v) is 4.98. The first-order chi connectivity index (χ1) is 10.2. The number of hydrogen-bond acceptors (Lipinski definition) is 3. The number of carbonyl (C=O) groups is 1. The van der Waals surface area contributed by atoms with Crippen LogP contribution in [0.3, 0.4) is 0 Å². The van der Waals surface area contributed by atoms with Crippen molar-refractivity contribution in [3.05, 3.63) is 47.9 Å². The van der Waals surface area contributed by atoms with Crippen LogP contribution in [0.25, 0.3) is 0 Å². The average Bonchev–Trinajstić information content (AvgIpc) is 3.13. The number of aromatic nitrogens is 2. The van der Waals surface area contributed by atoms with Crippen molar-refractivity contribution in [1.29, 1.82) is 0 Å². The summed E-state index contributed by atoms with van der Waals surface area (Å²) in [7, 11) is 0. The molecule has 110 valence electrons. The molecule has 21 heavy (non-hydrogen) atoms. The van der Waals surface area contributed by atoms with Crippen molar-refractivity contribution in [2.24, 2.45) is 0 Å². The van der Waals surface area contributed by atoms with E-state index in [1.54, 1.807) is 35.1 Å². The molecule has 1 aromatic carbocycles. The summed E-state index contributed by atoms with van der Waals surface area (Å²) in [5.74, 6) is 0.00780. The van der Waals surface area contributed by atoms with E-state index in [9.17, 15) is 9.18 Å². The van der Waals surface area contributed by atoms with Gasteiger partial charge in [-0.1, -0.05) is 18.2 Å². The third kappa shape index (κ3) is 3.28. The van der Waals surface area contributed by atoms with Crippen LogP contribution in [0.15, 0.2) is 36.5 Å². The zero-order valence-electron chi connectivity index (χ0n) is 11.5. The predicted molar refractivity (Wildman–Crippen MR) is 75.3 cm³/mol. The minimum absolute atomic E-state index is 0.177. The summed E-state index contributed by atoms with van der Waals surface area (Å²) >= 11 is 0. The maximum atomic E-state index is 13.6. The van der Waals surface area contributed by atoms with E-state index < -0.39 is 0 Å². The molecule has 2 aromatic rings. The maximum absolute atomic E-state index is 13.6. The molecular weight excluding hydrogens is 273 g/mol. The Morgan fingerprint density at radius 3 is 3.05 bits per heavy atom. The highest BCUT2D eigenvalue weighted by atomic mass is 19.1. The SMILES string of the molecule is O=C(Nc1ccn(Cc2ccccc2F)n1)[C@H]1CCCO1. The molecule has 3 rings (SSSR count). The lowest BCUT2D eigenvalue weighted by molar-refractivity contribution is -0.124. The van der Waals surface area contributed by atoms with Gasteiger partial charge in [-0.25, -0.2) is 4.39 Å². The second kappa shape index (κ2) is 6.05. The van der Waals surface area contributed by atoms with Crippen LogP contribution in [0.4, 0.5) is 10.2 Å². The molecule has 1 amide bonds. The molecule has 0 bridgehead atoms. The molecule has 1 aromatic heterocycles. The Labute approximate surface area is 121 Å². The quantitative estimate of drug-likeness (QED) is 0.938. The van der Waals surface area contributed by atoms with Crippen molar-refractivity contribution < 1.29 is 13.9 Å². The Kier molecular flexibility index (Phi) is 3.96. The highest BCUT2D eigenvalue weighted by Crippen LogP contribution is 2.15. The van der Waals surface area contributed by atoms with E-state index in [0.717, 1.165) is 12.8 Å². The standard InChI is InChI=1S/C15H16FN3O2/c16-12-5-2-1-4-11(12)10-19-8-7-14(18-19)17-15(20)13-6-3-9-21-13/h1-2,4-5,7-8,13H,3,6,9-10H2,(H,17,18,20)/t13-/m1/s1. The van der Waals surface area contributed by atoms with E-state index in [0.29, 0.717) is 24.5 Å².